The van der Waals surface area contributed by atoms with Crippen LogP contribution in [-0.2, 0) is 9.53 Å². The van der Waals surface area contributed by atoms with Crippen molar-refractivity contribution < 1.29 is 9.53 Å². The fourth-order valence-electron chi connectivity index (χ4n) is 3.10. The van der Waals surface area contributed by atoms with Crippen molar-refractivity contribution in [1.82, 2.24) is 25.1 Å². The molecule has 146 valence electrons. The van der Waals surface area contributed by atoms with Crippen LogP contribution in [-0.4, -0.2) is 50.2 Å². The normalized spacial score (nSPS) is 17.7. The number of thioether (sulfide) groups is 1. The van der Waals surface area contributed by atoms with Gasteiger partial charge in [0.15, 0.2) is 10.8 Å². The second-order valence-electron chi connectivity index (χ2n) is 6.64. The van der Waals surface area contributed by atoms with Crippen molar-refractivity contribution in [2.24, 2.45) is 0 Å². The molecule has 1 amide bonds. The van der Waals surface area contributed by atoms with E-state index in [4.69, 9.17) is 4.74 Å². The first-order valence-corrected chi connectivity index (χ1v) is 10.1. The number of ether oxygens (including phenoxy) is 1. The molecule has 1 fully saturated rings. The van der Waals surface area contributed by atoms with Crippen LogP contribution in [0.5, 0.6) is 0 Å². The van der Waals surface area contributed by atoms with E-state index in [1.807, 2.05) is 30.3 Å². The molecule has 1 aromatic carbocycles. The van der Waals surface area contributed by atoms with E-state index >= 15 is 0 Å². The molecule has 1 aliphatic rings. The minimum absolute atomic E-state index is 0.0932. The molecule has 0 bridgehead atoms. The van der Waals surface area contributed by atoms with Crippen LogP contribution in [0.4, 0.5) is 0 Å². The third-order valence-electron chi connectivity index (χ3n) is 4.60. The van der Waals surface area contributed by atoms with Gasteiger partial charge in [-0.1, -0.05) is 30.0 Å². The quantitative estimate of drug-likeness (QED) is 0.485. The number of aromatic nitrogens is 4. The zero-order valence-corrected chi connectivity index (χ0v) is 16.2. The Labute approximate surface area is 165 Å². The van der Waals surface area contributed by atoms with E-state index < -0.39 is 5.25 Å². The molecule has 3 heterocycles. The summed E-state index contributed by atoms with van der Waals surface area (Å²) in [7, 11) is 0. The van der Waals surface area contributed by atoms with E-state index in [0.717, 1.165) is 25.1 Å². The van der Waals surface area contributed by atoms with Crippen LogP contribution < -0.4 is 10.9 Å². The number of carbonyl (C=O) groups is 1. The summed E-state index contributed by atoms with van der Waals surface area (Å²) in [4.78, 5) is 32.1. The smallest absolute Gasteiger partial charge is 0.262 e. The summed E-state index contributed by atoms with van der Waals surface area (Å²) in [5, 5.41) is 7.58. The maximum atomic E-state index is 12.4. The van der Waals surface area contributed by atoms with E-state index in [1.165, 1.54) is 18.0 Å². The monoisotopic (exact) mass is 399 g/mol. The molecule has 8 nitrogen and oxygen atoms in total. The lowest BCUT2D eigenvalue weighted by atomic mass is 10.2. The van der Waals surface area contributed by atoms with Crippen molar-refractivity contribution in [3.8, 4) is 5.69 Å². The molecular weight excluding hydrogens is 378 g/mol. The number of hydrogen-bond donors (Lipinski definition) is 2. The Balaban J connectivity index is 1.52. The lowest BCUT2D eigenvalue weighted by molar-refractivity contribution is -0.120. The zero-order valence-electron chi connectivity index (χ0n) is 15.4. The highest BCUT2D eigenvalue weighted by Gasteiger charge is 2.21. The number of amides is 1. The molecule has 0 spiro atoms. The summed E-state index contributed by atoms with van der Waals surface area (Å²) >= 11 is 1.21. The van der Waals surface area contributed by atoms with E-state index in [0.29, 0.717) is 22.7 Å². The molecule has 0 radical (unpaired) electrons. The largest absolute Gasteiger partial charge is 0.376 e. The van der Waals surface area contributed by atoms with Crippen LogP contribution in [0.1, 0.15) is 19.8 Å². The Hall–Kier alpha value is -2.65. The maximum Gasteiger partial charge on any atom is 0.262 e. The summed E-state index contributed by atoms with van der Waals surface area (Å²) in [6.07, 6.45) is 3.60. The third-order valence-corrected chi connectivity index (χ3v) is 5.59. The molecular formula is C19H21N5O3S. The molecule has 28 heavy (non-hydrogen) atoms. The molecule has 3 aromatic rings. The highest BCUT2D eigenvalue weighted by atomic mass is 32.2. The van der Waals surface area contributed by atoms with Gasteiger partial charge in [-0.05, 0) is 31.9 Å². The van der Waals surface area contributed by atoms with E-state index in [9.17, 15) is 9.59 Å². The van der Waals surface area contributed by atoms with Gasteiger partial charge in [0.2, 0.25) is 5.91 Å². The van der Waals surface area contributed by atoms with Gasteiger partial charge in [-0.3, -0.25) is 9.59 Å². The molecule has 0 unspecified atom stereocenters. The maximum absolute atomic E-state index is 12.4. The number of nitrogens with one attached hydrogen (secondary N) is 2. The molecule has 2 aromatic heterocycles. The third kappa shape index (κ3) is 3.95. The minimum atomic E-state index is -0.407. The van der Waals surface area contributed by atoms with Crippen LogP contribution in [0.2, 0.25) is 0 Å². The van der Waals surface area contributed by atoms with Gasteiger partial charge >= 0.3 is 0 Å². The Bertz CT molecular complexity index is 1030. The number of H-pyrrole nitrogens is 1. The number of hydrogen-bond acceptors (Lipinski definition) is 6. The van der Waals surface area contributed by atoms with Gasteiger partial charge in [-0.15, -0.1) is 0 Å². The van der Waals surface area contributed by atoms with Crippen molar-refractivity contribution in [2.75, 3.05) is 13.2 Å². The average molecular weight is 399 g/mol. The number of carbonyl (C=O) groups excluding carboxylic acids is 1. The van der Waals surface area contributed by atoms with Crippen molar-refractivity contribution in [3.63, 3.8) is 0 Å². The van der Waals surface area contributed by atoms with Crippen LogP contribution in [0.3, 0.4) is 0 Å². The van der Waals surface area contributed by atoms with E-state index in [1.54, 1.807) is 11.6 Å². The van der Waals surface area contributed by atoms with E-state index in [-0.39, 0.29) is 17.6 Å². The minimum Gasteiger partial charge on any atom is -0.376 e. The van der Waals surface area contributed by atoms with Gasteiger partial charge in [-0.25, -0.2) is 9.67 Å². The molecule has 2 atom stereocenters. The fraction of sp³-hybridized carbons (Fsp3) is 0.368. The first-order valence-electron chi connectivity index (χ1n) is 9.21. The standard InChI is InChI=1S/C19H21N5O3S/c1-12(17(25)20-10-14-8-5-9-27-14)28-19-22-16-15(18(26)23-19)11-21-24(16)13-6-3-2-4-7-13/h2-4,6-7,11-12,14H,5,8-10H2,1H3,(H,20,25)(H,22,23,26)/t12-,14+/m0/s1. The Morgan fingerprint density at radius 3 is 3.00 bits per heavy atom. The summed E-state index contributed by atoms with van der Waals surface area (Å²) in [5.74, 6) is -0.111. The second-order valence-corrected chi connectivity index (χ2v) is 7.97. The molecule has 4 rings (SSSR count). The van der Waals surface area contributed by atoms with Crippen LogP contribution in [0, 0.1) is 0 Å². The summed E-state index contributed by atoms with van der Waals surface area (Å²) in [6, 6.07) is 9.48. The summed E-state index contributed by atoms with van der Waals surface area (Å²) in [5.41, 5.74) is 1.000. The molecule has 0 aliphatic carbocycles. The van der Waals surface area contributed by atoms with Gasteiger partial charge in [0.05, 0.1) is 23.2 Å². The van der Waals surface area contributed by atoms with Crippen molar-refractivity contribution in [2.45, 2.75) is 36.3 Å². The van der Waals surface area contributed by atoms with E-state index in [2.05, 4.69) is 20.4 Å². The molecule has 1 aliphatic heterocycles. The average Bonchev–Trinajstić information content (AvgIpc) is 3.36. The van der Waals surface area contributed by atoms with Gasteiger partial charge in [-0.2, -0.15) is 5.10 Å². The molecule has 2 N–H and O–H groups in total. The first-order chi connectivity index (χ1) is 13.6. The molecule has 0 saturated carbocycles. The Kier molecular flexibility index (Phi) is 5.45. The number of fused-ring (bicyclic) bond motifs is 1. The predicted octanol–water partition coefficient (Wildman–Crippen LogP) is 1.88. The number of nitrogens with zero attached hydrogens (tertiary/aromatic N) is 3. The van der Waals surface area contributed by atoms with Gasteiger partial charge < -0.3 is 15.0 Å². The zero-order chi connectivity index (χ0) is 19.5. The SMILES string of the molecule is C[C@H](Sc1nc2c(cnn2-c2ccccc2)c(=O)[nH]1)C(=O)NC[C@H]1CCCO1. The number of para-hydroxylation sites is 1. The Morgan fingerprint density at radius 1 is 1.43 bits per heavy atom. The van der Waals surface area contributed by atoms with Crippen LogP contribution >= 0.6 is 11.8 Å². The number of aromatic amines is 1. The lowest BCUT2D eigenvalue weighted by Crippen LogP contribution is -2.36. The van der Waals surface area contributed by atoms with Gasteiger partial charge in [0.25, 0.3) is 5.56 Å². The number of benzene rings is 1. The van der Waals surface area contributed by atoms with Crippen LogP contribution in [0.25, 0.3) is 16.7 Å². The number of rotatable bonds is 6. The summed E-state index contributed by atoms with van der Waals surface area (Å²) < 4.78 is 7.14. The van der Waals surface area contributed by atoms with Crippen molar-refractivity contribution in [1.29, 1.82) is 0 Å². The van der Waals surface area contributed by atoms with Gasteiger partial charge in [0, 0.05) is 13.2 Å². The van der Waals surface area contributed by atoms with Gasteiger partial charge in [0.1, 0.15) is 5.39 Å². The van der Waals surface area contributed by atoms with Crippen molar-refractivity contribution in [3.05, 3.63) is 46.9 Å². The van der Waals surface area contributed by atoms with Crippen LogP contribution in [0.15, 0.2) is 46.5 Å². The molecule has 1 saturated heterocycles. The predicted molar refractivity (Wildman–Crippen MR) is 107 cm³/mol. The second kappa shape index (κ2) is 8.15. The topological polar surface area (TPSA) is 102 Å². The Morgan fingerprint density at radius 2 is 2.25 bits per heavy atom. The summed E-state index contributed by atoms with van der Waals surface area (Å²) in [6.45, 7) is 3.05. The van der Waals surface area contributed by atoms with Crippen molar-refractivity contribution >= 4 is 28.7 Å². The first kappa shape index (κ1) is 18.7. The highest BCUT2D eigenvalue weighted by molar-refractivity contribution is 8.00. The highest BCUT2D eigenvalue weighted by Crippen LogP contribution is 2.21. The fourth-order valence-corrected chi connectivity index (χ4v) is 3.91. The molecule has 9 heteroatoms. The lowest BCUT2D eigenvalue weighted by Gasteiger charge is -2.14.